The van der Waals surface area contributed by atoms with Gasteiger partial charge in [0, 0.05) is 5.56 Å². The molecule has 0 saturated carbocycles. The SMILES string of the molecule is CC(=O)c1cccc(OC[C@H](O)Cn2c(CS(=O)(=O)c3ccccc3)nc3ccccc32)c1. The standard InChI is InChI=1S/C25H24N2O5S/c1-18(28)19-8-7-9-21(14-19)32-16-20(29)15-27-24-13-6-5-12-23(24)26-25(27)17-33(30,31)22-10-3-2-4-11-22/h2-14,20,29H,15-17H2,1H3/t20-/m1/s1. The topological polar surface area (TPSA) is 98.5 Å². The predicted molar refractivity (Wildman–Crippen MR) is 125 cm³/mol. The molecular formula is C25H24N2O5S. The molecule has 4 aromatic rings. The van der Waals surface area contributed by atoms with E-state index in [1.807, 2.05) is 18.2 Å². The smallest absolute Gasteiger partial charge is 0.185 e. The van der Waals surface area contributed by atoms with Crippen LogP contribution in [0.1, 0.15) is 23.1 Å². The van der Waals surface area contributed by atoms with E-state index >= 15 is 0 Å². The third-order valence-corrected chi connectivity index (χ3v) is 6.86. The van der Waals surface area contributed by atoms with Crippen molar-refractivity contribution in [1.29, 1.82) is 0 Å². The zero-order valence-electron chi connectivity index (χ0n) is 18.1. The van der Waals surface area contributed by atoms with E-state index in [-0.39, 0.29) is 29.6 Å². The summed E-state index contributed by atoms with van der Waals surface area (Å²) >= 11 is 0. The molecule has 4 rings (SSSR count). The summed E-state index contributed by atoms with van der Waals surface area (Å²) in [7, 11) is -3.62. The summed E-state index contributed by atoms with van der Waals surface area (Å²) in [6, 6.07) is 22.3. The molecule has 1 aromatic heterocycles. The lowest BCUT2D eigenvalue weighted by Gasteiger charge is -2.16. The number of aromatic nitrogens is 2. The maximum Gasteiger partial charge on any atom is 0.185 e. The van der Waals surface area contributed by atoms with Crippen molar-refractivity contribution >= 4 is 26.7 Å². The molecule has 0 spiro atoms. The maximum atomic E-state index is 12.9. The lowest BCUT2D eigenvalue weighted by Crippen LogP contribution is -2.25. The summed E-state index contributed by atoms with van der Waals surface area (Å²) in [5, 5.41) is 10.7. The summed E-state index contributed by atoms with van der Waals surface area (Å²) in [6.45, 7) is 1.55. The maximum absolute atomic E-state index is 12.9. The van der Waals surface area contributed by atoms with Crippen molar-refractivity contribution < 1.29 is 23.1 Å². The van der Waals surface area contributed by atoms with Crippen molar-refractivity contribution in [3.8, 4) is 5.75 Å². The number of aliphatic hydroxyl groups excluding tert-OH is 1. The molecule has 8 heteroatoms. The Morgan fingerprint density at radius 2 is 1.76 bits per heavy atom. The van der Waals surface area contributed by atoms with Gasteiger partial charge in [0.25, 0.3) is 0 Å². The second-order valence-electron chi connectivity index (χ2n) is 7.75. The van der Waals surface area contributed by atoms with Gasteiger partial charge in [-0.2, -0.15) is 0 Å². The van der Waals surface area contributed by atoms with Crippen LogP contribution in [-0.4, -0.2) is 41.6 Å². The molecule has 0 aliphatic rings. The van der Waals surface area contributed by atoms with Crippen LogP contribution >= 0.6 is 0 Å². The number of ketones is 1. The lowest BCUT2D eigenvalue weighted by atomic mass is 10.1. The van der Waals surface area contributed by atoms with Crippen molar-refractivity contribution in [3.05, 3.63) is 90.3 Å². The molecule has 0 aliphatic carbocycles. The number of hydrogen-bond donors (Lipinski definition) is 1. The van der Waals surface area contributed by atoms with Gasteiger partial charge in [-0.05, 0) is 43.3 Å². The summed E-state index contributed by atoms with van der Waals surface area (Å²) in [5.41, 5.74) is 1.91. The molecule has 1 heterocycles. The largest absolute Gasteiger partial charge is 0.491 e. The summed E-state index contributed by atoms with van der Waals surface area (Å²) in [4.78, 5) is 16.3. The van der Waals surface area contributed by atoms with Crippen LogP contribution in [0, 0.1) is 0 Å². The van der Waals surface area contributed by atoms with Crippen molar-refractivity contribution in [2.45, 2.75) is 30.2 Å². The summed E-state index contributed by atoms with van der Waals surface area (Å²) in [5.74, 6) is 0.455. The average Bonchev–Trinajstić information content (AvgIpc) is 3.14. The number of sulfone groups is 1. The Bertz CT molecular complexity index is 1380. The second-order valence-corrected chi connectivity index (χ2v) is 9.74. The van der Waals surface area contributed by atoms with E-state index in [0.29, 0.717) is 22.7 Å². The zero-order chi connectivity index (χ0) is 23.4. The average molecular weight is 465 g/mol. The van der Waals surface area contributed by atoms with Crippen LogP contribution in [0.3, 0.4) is 0 Å². The number of carbonyl (C=O) groups is 1. The molecule has 170 valence electrons. The van der Waals surface area contributed by atoms with Crippen LogP contribution in [0.25, 0.3) is 11.0 Å². The van der Waals surface area contributed by atoms with Crippen LogP contribution in [-0.2, 0) is 22.1 Å². The van der Waals surface area contributed by atoms with Crippen molar-refractivity contribution in [1.82, 2.24) is 9.55 Å². The lowest BCUT2D eigenvalue weighted by molar-refractivity contribution is 0.0927. The summed E-state index contributed by atoms with van der Waals surface area (Å²) in [6.07, 6.45) is -0.929. The number of imidazole rings is 1. The molecule has 1 N–H and O–H groups in total. The predicted octanol–water partition coefficient (Wildman–Crippen LogP) is 3.65. The molecular weight excluding hydrogens is 440 g/mol. The molecule has 33 heavy (non-hydrogen) atoms. The number of fused-ring (bicyclic) bond motifs is 1. The minimum atomic E-state index is -3.62. The van der Waals surface area contributed by atoms with Gasteiger partial charge in [0.2, 0.25) is 0 Å². The fraction of sp³-hybridized carbons (Fsp3) is 0.200. The molecule has 0 bridgehead atoms. The first kappa shape index (κ1) is 22.7. The van der Waals surface area contributed by atoms with Gasteiger partial charge in [0.05, 0.1) is 22.5 Å². The van der Waals surface area contributed by atoms with Gasteiger partial charge in [-0.15, -0.1) is 0 Å². The fourth-order valence-electron chi connectivity index (χ4n) is 3.58. The van der Waals surface area contributed by atoms with Gasteiger partial charge < -0.3 is 14.4 Å². The molecule has 0 aliphatic heterocycles. The van der Waals surface area contributed by atoms with E-state index < -0.39 is 15.9 Å². The fourth-order valence-corrected chi connectivity index (χ4v) is 4.88. The van der Waals surface area contributed by atoms with E-state index in [4.69, 9.17) is 4.74 Å². The number of rotatable bonds is 9. The Morgan fingerprint density at radius 3 is 2.52 bits per heavy atom. The third-order valence-electron chi connectivity index (χ3n) is 5.23. The monoisotopic (exact) mass is 464 g/mol. The van der Waals surface area contributed by atoms with Crippen molar-refractivity contribution in [2.24, 2.45) is 0 Å². The number of benzene rings is 3. The highest BCUT2D eigenvalue weighted by atomic mass is 32.2. The van der Waals surface area contributed by atoms with Gasteiger partial charge in [0.1, 0.15) is 30.0 Å². The Balaban J connectivity index is 1.55. The van der Waals surface area contributed by atoms with Crippen LogP contribution in [0.5, 0.6) is 5.75 Å². The quantitative estimate of drug-likeness (QED) is 0.380. The third kappa shape index (κ3) is 5.30. The van der Waals surface area contributed by atoms with Crippen molar-refractivity contribution in [3.63, 3.8) is 0 Å². The number of aliphatic hydroxyl groups is 1. The number of carbonyl (C=O) groups excluding carboxylic acids is 1. The number of ether oxygens (including phenoxy) is 1. The Hall–Kier alpha value is -3.49. The van der Waals surface area contributed by atoms with Gasteiger partial charge in [-0.1, -0.05) is 42.5 Å². The highest BCUT2D eigenvalue weighted by molar-refractivity contribution is 7.90. The van der Waals surface area contributed by atoms with Crippen molar-refractivity contribution in [2.75, 3.05) is 6.61 Å². The molecule has 7 nitrogen and oxygen atoms in total. The molecule has 0 saturated heterocycles. The Kier molecular flexibility index (Phi) is 6.57. The van der Waals surface area contributed by atoms with Crippen LogP contribution in [0.15, 0.2) is 83.8 Å². The van der Waals surface area contributed by atoms with E-state index in [2.05, 4.69) is 4.98 Å². The first-order valence-electron chi connectivity index (χ1n) is 10.5. The van der Waals surface area contributed by atoms with E-state index in [1.54, 1.807) is 65.2 Å². The van der Waals surface area contributed by atoms with Crippen LogP contribution in [0.4, 0.5) is 0 Å². The minimum absolute atomic E-state index is 0.0290. The summed E-state index contributed by atoms with van der Waals surface area (Å²) < 4.78 is 33.3. The number of para-hydroxylation sites is 2. The molecule has 0 fully saturated rings. The molecule has 0 unspecified atom stereocenters. The normalized spacial score (nSPS) is 12.5. The molecule has 0 amide bonds. The molecule has 3 aromatic carbocycles. The Morgan fingerprint density at radius 1 is 1.03 bits per heavy atom. The van der Waals surface area contributed by atoms with Gasteiger partial charge in [0.15, 0.2) is 15.6 Å². The molecule has 1 atom stereocenters. The zero-order valence-corrected chi connectivity index (χ0v) is 18.9. The van der Waals surface area contributed by atoms with E-state index in [9.17, 15) is 18.3 Å². The number of nitrogens with zero attached hydrogens (tertiary/aromatic N) is 2. The van der Waals surface area contributed by atoms with E-state index in [0.717, 1.165) is 5.52 Å². The van der Waals surface area contributed by atoms with E-state index in [1.165, 1.54) is 6.92 Å². The highest BCUT2D eigenvalue weighted by Gasteiger charge is 2.22. The minimum Gasteiger partial charge on any atom is -0.491 e. The van der Waals surface area contributed by atoms with Crippen LogP contribution < -0.4 is 4.74 Å². The molecule has 0 radical (unpaired) electrons. The van der Waals surface area contributed by atoms with Gasteiger partial charge >= 0.3 is 0 Å². The van der Waals surface area contributed by atoms with Gasteiger partial charge in [-0.25, -0.2) is 13.4 Å². The first-order valence-corrected chi connectivity index (χ1v) is 12.1. The number of Topliss-reactive ketones (excluding diaryl/α,β-unsaturated/α-hetero) is 1. The van der Waals surface area contributed by atoms with Crippen LogP contribution in [0.2, 0.25) is 0 Å². The van der Waals surface area contributed by atoms with Gasteiger partial charge in [-0.3, -0.25) is 4.79 Å². The number of hydrogen-bond acceptors (Lipinski definition) is 6. The first-order chi connectivity index (χ1) is 15.8. The highest BCUT2D eigenvalue weighted by Crippen LogP contribution is 2.22. The Labute approximate surface area is 192 Å². The second kappa shape index (κ2) is 9.56.